The van der Waals surface area contributed by atoms with Crippen molar-refractivity contribution in [1.29, 1.82) is 0 Å². The van der Waals surface area contributed by atoms with Gasteiger partial charge in [-0.15, -0.1) is 0 Å². The van der Waals surface area contributed by atoms with Crippen molar-refractivity contribution < 1.29 is 23.8 Å². The Balaban J connectivity index is 1.68. The van der Waals surface area contributed by atoms with Gasteiger partial charge in [0.15, 0.2) is 0 Å². The summed E-state index contributed by atoms with van der Waals surface area (Å²) in [5.41, 5.74) is 1.76. The predicted molar refractivity (Wildman–Crippen MR) is 126 cm³/mol. The highest BCUT2D eigenvalue weighted by Gasteiger charge is 2.17. The molecule has 6 heteroatoms. The van der Waals surface area contributed by atoms with Crippen LogP contribution in [0.5, 0.6) is 11.5 Å². The van der Waals surface area contributed by atoms with E-state index in [4.69, 9.17) is 14.2 Å². The minimum atomic E-state index is -0.575. The Kier molecular flexibility index (Phi) is 8.45. The summed E-state index contributed by atoms with van der Waals surface area (Å²) in [6.45, 7) is 4.67. The number of benzene rings is 3. The van der Waals surface area contributed by atoms with Crippen LogP contribution in [0.1, 0.15) is 40.1 Å². The Morgan fingerprint density at radius 3 is 2.44 bits per heavy atom. The lowest BCUT2D eigenvalue weighted by Crippen LogP contribution is -2.13. The maximum Gasteiger partial charge on any atom is 0.347 e. The van der Waals surface area contributed by atoms with Crippen molar-refractivity contribution in [3.63, 3.8) is 0 Å². The van der Waals surface area contributed by atoms with Crippen LogP contribution in [0.2, 0.25) is 0 Å². The van der Waals surface area contributed by atoms with Gasteiger partial charge in [0.1, 0.15) is 17.1 Å². The average Bonchev–Trinajstić information content (AvgIpc) is 2.79. The van der Waals surface area contributed by atoms with Crippen LogP contribution in [0.3, 0.4) is 0 Å². The number of hydrogen-bond acceptors (Lipinski definition) is 5. The van der Waals surface area contributed by atoms with E-state index >= 15 is 0 Å². The Labute approximate surface area is 196 Å². The quantitative estimate of drug-likeness (QED) is 0.264. The topological polar surface area (TPSA) is 61.8 Å². The molecule has 3 aromatic carbocycles. The first-order valence-corrected chi connectivity index (χ1v) is 11.2. The number of carbonyl (C=O) groups is 2. The molecule has 0 fully saturated rings. The average molecular weight is 497 g/mol. The van der Waals surface area contributed by atoms with Crippen molar-refractivity contribution in [2.45, 2.75) is 20.3 Å². The number of hydrogen-bond donors (Lipinski definition) is 0. The van der Waals surface area contributed by atoms with Crippen LogP contribution in [0.15, 0.2) is 77.3 Å². The maximum absolute atomic E-state index is 12.9. The molecular weight excluding hydrogens is 472 g/mol. The van der Waals surface area contributed by atoms with Gasteiger partial charge < -0.3 is 14.2 Å². The summed E-state index contributed by atoms with van der Waals surface area (Å²) >= 11 is 3.39. The van der Waals surface area contributed by atoms with E-state index in [2.05, 4.69) is 15.9 Å². The van der Waals surface area contributed by atoms with Gasteiger partial charge in [-0.05, 0) is 47.9 Å². The van der Waals surface area contributed by atoms with E-state index in [0.717, 1.165) is 10.0 Å². The second-order valence-electron chi connectivity index (χ2n) is 7.63. The SMILES string of the molecule is CC(C)COC(=O)c1cccc(OC(=O)c2cc(Br)ccc2OCCc2ccccc2)c1. The summed E-state index contributed by atoms with van der Waals surface area (Å²) in [6.07, 6.45) is 0.714. The van der Waals surface area contributed by atoms with Crippen molar-refractivity contribution in [3.05, 3.63) is 94.0 Å². The predicted octanol–water partition coefficient (Wildman–Crippen LogP) is 6.10. The lowest BCUT2D eigenvalue weighted by Gasteiger charge is -2.12. The molecule has 5 nitrogen and oxygen atoms in total. The molecule has 0 spiro atoms. The standard InChI is InChI=1S/C26H25BrO5/c1-18(2)17-31-25(28)20-9-6-10-22(15-20)32-26(29)23-16-21(27)11-12-24(23)30-14-13-19-7-4-3-5-8-19/h3-12,15-16,18H,13-14,17H2,1-2H3. The summed E-state index contributed by atoms with van der Waals surface area (Å²) in [7, 11) is 0. The van der Waals surface area contributed by atoms with Crippen LogP contribution < -0.4 is 9.47 Å². The van der Waals surface area contributed by atoms with E-state index in [1.54, 1.807) is 36.4 Å². The van der Waals surface area contributed by atoms with Gasteiger partial charge in [0, 0.05) is 10.9 Å². The highest BCUT2D eigenvalue weighted by atomic mass is 79.9. The van der Waals surface area contributed by atoms with Gasteiger partial charge in [-0.25, -0.2) is 9.59 Å². The third kappa shape index (κ3) is 6.95. The summed E-state index contributed by atoms with van der Waals surface area (Å²) in [4.78, 5) is 25.1. The Hall–Kier alpha value is -3.12. The number of rotatable bonds is 9. The fourth-order valence-electron chi connectivity index (χ4n) is 2.89. The molecule has 32 heavy (non-hydrogen) atoms. The van der Waals surface area contributed by atoms with Gasteiger partial charge in [0.2, 0.25) is 0 Å². The summed E-state index contributed by atoms with van der Waals surface area (Å²) in [5, 5.41) is 0. The van der Waals surface area contributed by atoms with Gasteiger partial charge in [-0.3, -0.25) is 0 Å². The fourth-order valence-corrected chi connectivity index (χ4v) is 3.25. The molecule has 3 aromatic rings. The van der Waals surface area contributed by atoms with Crippen LogP contribution in [0.25, 0.3) is 0 Å². The summed E-state index contributed by atoms with van der Waals surface area (Å²) in [6, 6.07) is 21.5. The molecule has 166 valence electrons. The number of ether oxygens (including phenoxy) is 3. The van der Waals surface area contributed by atoms with Gasteiger partial charge >= 0.3 is 11.9 Å². The fraction of sp³-hybridized carbons (Fsp3) is 0.231. The van der Waals surface area contributed by atoms with Gasteiger partial charge in [0.05, 0.1) is 18.8 Å². The van der Waals surface area contributed by atoms with Crippen LogP contribution in [0, 0.1) is 5.92 Å². The zero-order valence-corrected chi connectivity index (χ0v) is 19.6. The first-order valence-electron chi connectivity index (χ1n) is 10.4. The zero-order chi connectivity index (χ0) is 22.9. The van der Waals surface area contributed by atoms with Crippen LogP contribution in [0.4, 0.5) is 0 Å². The molecule has 3 rings (SSSR count). The molecule has 0 saturated carbocycles. The highest BCUT2D eigenvalue weighted by molar-refractivity contribution is 9.10. The van der Waals surface area contributed by atoms with Crippen molar-refractivity contribution in [3.8, 4) is 11.5 Å². The monoisotopic (exact) mass is 496 g/mol. The zero-order valence-electron chi connectivity index (χ0n) is 18.0. The Morgan fingerprint density at radius 1 is 0.906 bits per heavy atom. The second kappa shape index (κ2) is 11.5. The van der Waals surface area contributed by atoms with Crippen molar-refractivity contribution >= 4 is 27.9 Å². The van der Waals surface area contributed by atoms with E-state index in [0.29, 0.717) is 36.5 Å². The minimum absolute atomic E-state index is 0.233. The second-order valence-corrected chi connectivity index (χ2v) is 8.55. The molecule has 0 aliphatic rings. The van der Waals surface area contributed by atoms with Gasteiger partial charge in [-0.2, -0.15) is 0 Å². The molecule has 0 atom stereocenters. The molecule has 0 aliphatic carbocycles. The normalized spacial score (nSPS) is 10.6. The smallest absolute Gasteiger partial charge is 0.347 e. The number of halogens is 1. The molecule has 0 N–H and O–H groups in total. The molecule has 0 heterocycles. The lowest BCUT2D eigenvalue weighted by molar-refractivity contribution is 0.0457. The molecule has 0 unspecified atom stereocenters. The van der Waals surface area contributed by atoms with E-state index in [1.165, 1.54) is 6.07 Å². The third-order valence-corrected chi connectivity index (χ3v) is 4.97. The molecular formula is C26H25BrO5. The van der Waals surface area contributed by atoms with Gasteiger partial charge in [-0.1, -0.05) is 66.2 Å². The van der Waals surface area contributed by atoms with Gasteiger partial charge in [0.25, 0.3) is 0 Å². The summed E-state index contributed by atoms with van der Waals surface area (Å²) in [5.74, 6) is -0.111. The van der Waals surface area contributed by atoms with E-state index in [9.17, 15) is 9.59 Å². The van der Waals surface area contributed by atoms with E-state index in [-0.39, 0.29) is 11.7 Å². The summed E-state index contributed by atoms with van der Waals surface area (Å²) < 4.78 is 17.4. The van der Waals surface area contributed by atoms with E-state index < -0.39 is 11.9 Å². The van der Waals surface area contributed by atoms with Crippen LogP contribution >= 0.6 is 15.9 Å². The first-order chi connectivity index (χ1) is 15.4. The molecule has 0 saturated heterocycles. The number of esters is 2. The Morgan fingerprint density at radius 2 is 1.69 bits per heavy atom. The molecule has 0 amide bonds. The van der Waals surface area contributed by atoms with E-state index in [1.807, 2.05) is 44.2 Å². The largest absolute Gasteiger partial charge is 0.492 e. The molecule has 0 aliphatic heterocycles. The van der Waals surface area contributed by atoms with Crippen molar-refractivity contribution in [2.75, 3.05) is 13.2 Å². The highest BCUT2D eigenvalue weighted by Crippen LogP contribution is 2.26. The minimum Gasteiger partial charge on any atom is -0.492 e. The molecule has 0 bridgehead atoms. The molecule has 0 radical (unpaired) electrons. The third-order valence-electron chi connectivity index (χ3n) is 4.48. The van der Waals surface area contributed by atoms with Crippen LogP contribution in [-0.2, 0) is 11.2 Å². The van der Waals surface area contributed by atoms with Crippen molar-refractivity contribution in [2.24, 2.45) is 5.92 Å². The Bertz CT molecular complexity index is 1060. The number of carbonyl (C=O) groups excluding carboxylic acids is 2. The maximum atomic E-state index is 12.9. The first kappa shape index (κ1) is 23.5. The molecule has 0 aromatic heterocycles. The van der Waals surface area contributed by atoms with Crippen LogP contribution in [-0.4, -0.2) is 25.2 Å². The lowest BCUT2D eigenvalue weighted by atomic mass is 10.1. The van der Waals surface area contributed by atoms with Crippen molar-refractivity contribution in [1.82, 2.24) is 0 Å².